The Morgan fingerprint density at radius 2 is 1.65 bits per heavy atom. The zero-order valence-corrected chi connectivity index (χ0v) is 18.8. The largest absolute Gasteiger partial charge is 0.507 e. The van der Waals surface area contributed by atoms with Crippen LogP contribution >= 0.6 is 11.3 Å². The molecule has 2 heterocycles. The minimum atomic E-state index is -1.03. The van der Waals surface area contributed by atoms with Crippen LogP contribution in [0.3, 0.4) is 0 Å². The molecule has 0 unspecified atom stereocenters. The van der Waals surface area contributed by atoms with E-state index in [9.17, 15) is 23.5 Å². The Kier molecular flexibility index (Phi) is 5.45. The van der Waals surface area contributed by atoms with Crippen LogP contribution < -0.4 is 4.90 Å². The van der Waals surface area contributed by atoms with Crippen LogP contribution in [0.15, 0.2) is 72.3 Å². The van der Waals surface area contributed by atoms with E-state index in [0.29, 0.717) is 11.1 Å². The molecule has 4 aromatic rings. The smallest absolute Gasteiger partial charge is 0.301 e. The van der Waals surface area contributed by atoms with E-state index in [1.807, 2.05) is 25.1 Å². The normalized spacial score (nSPS) is 17.6. The Bertz CT molecular complexity index is 1460. The number of carbonyl (C=O) groups excluding carboxylic acids is 2. The third kappa shape index (κ3) is 3.66. The molecule has 0 bridgehead atoms. The lowest BCUT2D eigenvalue weighted by Crippen LogP contribution is -2.29. The lowest BCUT2D eigenvalue weighted by Gasteiger charge is -2.23. The fourth-order valence-corrected chi connectivity index (χ4v) is 5.09. The van der Waals surface area contributed by atoms with E-state index in [1.165, 1.54) is 52.6 Å². The molecule has 1 aromatic heterocycles. The highest BCUT2D eigenvalue weighted by Gasteiger charge is 2.48. The Morgan fingerprint density at radius 3 is 2.29 bits per heavy atom. The first-order chi connectivity index (χ1) is 16.4. The van der Waals surface area contributed by atoms with Crippen molar-refractivity contribution < 1.29 is 23.5 Å². The van der Waals surface area contributed by atoms with Crippen LogP contribution in [-0.2, 0) is 16.0 Å². The summed E-state index contributed by atoms with van der Waals surface area (Å²) in [5.41, 5.74) is 2.23. The van der Waals surface area contributed by atoms with E-state index in [2.05, 4.69) is 4.98 Å². The maximum atomic E-state index is 13.7. The number of aliphatic hydroxyl groups excluding tert-OH is 1. The van der Waals surface area contributed by atoms with Crippen molar-refractivity contribution in [2.75, 3.05) is 4.90 Å². The molecule has 34 heavy (non-hydrogen) atoms. The zero-order valence-electron chi connectivity index (χ0n) is 18.0. The first kappa shape index (κ1) is 21.9. The Morgan fingerprint density at radius 1 is 1.00 bits per heavy atom. The highest BCUT2D eigenvalue weighted by molar-refractivity contribution is 7.22. The van der Waals surface area contributed by atoms with Gasteiger partial charge in [-0.1, -0.05) is 36.5 Å². The van der Waals surface area contributed by atoms with Crippen molar-refractivity contribution in [3.8, 4) is 0 Å². The van der Waals surface area contributed by atoms with Gasteiger partial charge in [-0.25, -0.2) is 13.8 Å². The van der Waals surface area contributed by atoms with E-state index in [0.717, 1.165) is 28.8 Å². The van der Waals surface area contributed by atoms with Crippen molar-refractivity contribution in [2.24, 2.45) is 0 Å². The number of ketones is 1. The number of hydrogen-bond donors (Lipinski definition) is 1. The Labute approximate surface area is 197 Å². The van der Waals surface area contributed by atoms with E-state index in [-0.39, 0.29) is 16.3 Å². The zero-order chi connectivity index (χ0) is 24.0. The van der Waals surface area contributed by atoms with Crippen molar-refractivity contribution >= 4 is 44.1 Å². The topological polar surface area (TPSA) is 70.5 Å². The van der Waals surface area contributed by atoms with Gasteiger partial charge in [-0.05, 0) is 66.1 Å². The number of hydrogen-bond acceptors (Lipinski definition) is 5. The molecule has 0 aliphatic carbocycles. The van der Waals surface area contributed by atoms with Gasteiger partial charge in [0.05, 0.1) is 21.8 Å². The molecule has 0 saturated carbocycles. The highest BCUT2D eigenvalue weighted by Crippen LogP contribution is 2.44. The predicted molar refractivity (Wildman–Crippen MR) is 127 cm³/mol. The molecule has 1 N–H and O–H groups in total. The van der Waals surface area contributed by atoms with Crippen LogP contribution in [0.1, 0.15) is 29.7 Å². The van der Waals surface area contributed by atoms with Gasteiger partial charge in [0.1, 0.15) is 17.4 Å². The molecule has 1 amide bonds. The molecule has 3 aromatic carbocycles. The monoisotopic (exact) mass is 476 g/mol. The number of aryl methyl sites for hydroxylation is 1. The third-order valence-electron chi connectivity index (χ3n) is 5.80. The van der Waals surface area contributed by atoms with E-state index < -0.39 is 35.1 Å². The van der Waals surface area contributed by atoms with E-state index in [4.69, 9.17) is 0 Å². The van der Waals surface area contributed by atoms with Crippen LogP contribution in [0.4, 0.5) is 13.9 Å². The highest BCUT2D eigenvalue weighted by atomic mass is 32.1. The number of benzene rings is 3. The van der Waals surface area contributed by atoms with Gasteiger partial charge >= 0.3 is 5.91 Å². The lowest BCUT2D eigenvalue weighted by atomic mass is 9.95. The minimum Gasteiger partial charge on any atom is -0.507 e. The summed E-state index contributed by atoms with van der Waals surface area (Å²) in [6, 6.07) is 15.1. The number of thiazole rings is 1. The first-order valence-corrected chi connectivity index (χ1v) is 11.4. The number of nitrogens with zero attached hydrogens (tertiary/aromatic N) is 2. The van der Waals surface area contributed by atoms with Crippen molar-refractivity contribution in [1.82, 2.24) is 4.98 Å². The quantitative estimate of drug-likeness (QED) is 0.231. The molecular formula is C26H18F2N2O3S. The Hall–Kier alpha value is -3.91. The number of aromatic nitrogens is 1. The molecule has 1 aliphatic rings. The molecule has 0 spiro atoms. The van der Waals surface area contributed by atoms with Gasteiger partial charge in [0.15, 0.2) is 5.13 Å². The van der Waals surface area contributed by atoms with Gasteiger partial charge in [0.25, 0.3) is 5.78 Å². The van der Waals surface area contributed by atoms with Crippen molar-refractivity contribution in [3.05, 3.63) is 101 Å². The minimum absolute atomic E-state index is 0.170. The van der Waals surface area contributed by atoms with E-state index >= 15 is 0 Å². The summed E-state index contributed by atoms with van der Waals surface area (Å²) in [5.74, 6) is -3.18. The summed E-state index contributed by atoms with van der Waals surface area (Å²) in [6.07, 6.45) is 0.834. The third-order valence-corrected chi connectivity index (χ3v) is 6.82. The van der Waals surface area contributed by atoms with Gasteiger partial charge < -0.3 is 5.11 Å². The molecule has 1 fully saturated rings. The van der Waals surface area contributed by atoms with Gasteiger partial charge in [-0.15, -0.1) is 0 Å². The summed E-state index contributed by atoms with van der Waals surface area (Å²) in [5, 5.41) is 11.3. The van der Waals surface area contributed by atoms with Crippen molar-refractivity contribution in [3.63, 3.8) is 0 Å². The van der Waals surface area contributed by atoms with Crippen molar-refractivity contribution in [1.29, 1.82) is 0 Å². The summed E-state index contributed by atoms with van der Waals surface area (Å²) in [4.78, 5) is 32.2. The average molecular weight is 477 g/mol. The molecule has 1 aliphatic heterocycles. The van der Waals surface area contributed by atoms with Crippen LogP contribution in [0.2, 0.25) is 0 Å². The van der Waals surface area contributed by atoms with Crippen LogP contribution in [-0.4, -0.2) is 21.8 Å². The second-order valence-corrected chi connectivity index (χ2v) is 8.89. The molecule has 1 atom stereocenters. The second kappa shape index (κ2) is 8.46. The van der Waals surface area contributed by atoms with Gasteiger partial charge in [0.2, 0.25) is 0 Å². The number of fused-ring (bicyclic) bond motifs is 1. The first-order valence-electron chi connectivity index (χ1n) is 10.6. The fraction of sp³-hybridized carbons (Fsp3) is 0.115. The van der Waals surface area contributed by atoms with Gasteiger partial charge in [0, 0.05) is 5.56 Å². The second-order valence-electron chi connectivity index (χ2n) is 7.88. The SMILES string of the molecule is CCc1ccc2nc(N3C(=O)C(=O)/C(=C(/O)c4ccc(F)cc4)[C@@H]3c3ccc(F)cc3)sc2c1. The maximum Gasteiger partial charge on any atom is 0.301 e. The number of carbonyl (C=O) groups is 2. The number of rotatable bonds is 4. The molecule has 170 valence electrons. The number of Topliss-reactive ketones (excluding diaryl/α,β-unsaturated/α-hetero) is 1. The molecule has 8 heteroatoms. The summed E-state index contributed by atoms with van der Waals surface area (Å²) in [7, 11) is 0. The molecule has 5 nitrogen and oxygen atoms in total. The van der Waals surface area contributed by atoms with Gasteiger partial charge in [-0.3, -0.25) is 14.5 Å². The Balaban J connectivity index is 1.71. The molecule has 5 rings (SSSR count). The number of halogens is 2. The number of anilines is 1. The number of amides is 1. The van der Waals surface area contributed by atoms with Crippen molar-refractivity contribution in [2.45, 2.75) is 19.4 Å². The van der Waals surface area contributed by atoms with Crippen LogP contribution in [0.25, 0.3) is 16.0 Å². The van der Waals surface area contributed by atoms with Gasteiger partial charge in [-0.2, -0.15) is 0 Å². The number of aliphatic hydroxyl groups is 1. The van der Waals surface area contributed by atoms with Crippen LogP contribution in [0.5, 0.6) is 0 Å². The summed E-state index contributed by atoms with van der Waals surface area (Å²) >= 11 is 1.26. The van der Waals surface area contributed by atoms with E-state index in [1.54, 1.807) is 0 Å². The van der Waals surface area contributed by atoms with Crippen LogP contribution in [0, 0.1) is 11.6 Å². The molecule has 1 saturated heterocycles. The summed E-state index contributed by atoms with van der Waals surface area (Å²) < 4.78 is 27.9. The average Bonchev–Trinajstić information content (AvgIpc) is 3.37. The summed E-state index contributed by atoms with van der Waals surface area (Å²) in [6.45, 7) is 2.03. The lowest BCUT2D eigenvalue weighted by molar-refractivity contribution is -0.132. The molecule has 0 radical (unpaired) electrons. The predicted octanol–water partition coefficient (Wildman–Crippen LogP) is 5.76. The standard InChI is InChI=1S/C26H18F2N2O3S/c1-2-14-3-12-19-20(13-14)34-26(29-19)30-22(15-4-8-17(27)9-5-15)21(24(32)25(30)33)23(31)16-6-10-18(28)11-7-16/h3-13,22,31H,2H2,1H3/b23-21+/t22-/m0/s1. The molecular weight excluding hydrogens is 458 g/mol. The maximum absolute atomic E-state index is 13.7. The fourth-order valence-electron chi connectivity index (χ4n) is 4.03.